The van der Waals surface area contributed by atoms with Gasteiger partial charge in [-0.25, -0.2) is 13.2 Å². The molecule has 1 aromatic carbocycles. The van der Waals surface area contributed by atoms with Crippen molar-refractivity contribution in [2.75, 3.05) is 5.73 Å². The first-order chi connectivity index (χ1) is 6.32. The molecule has 0 aliphatic heterocycles. The van der Waals surface area contributed by atoms with Crippen molar-refractivity contribution < 1.29 is 52.4 Å². The fourth-order valence-corrected chi connectivity index (χ4v) is 1.51. The maximum Gasteiger partial charge on any atom is 1.00 e. The van der Waals surface area contributed by atoms with Gasteiger partial charge in [-0.2, -0.15) is 0 Å². The fraction of sp³-hybridized carbons (Fsp3) is 0. The molecular weight excluding hydrogens is 233 g/mol. The molecule has 0 atom stereocenters. The molecule has 0 unspecified atom stereocenters. The topological polar surface area (TPSA) is 121 Å². The zero-order chi connectivity index (χ0) is 10.9. The van der Waals surface area contributed by atoms with Crippen LogP contribution in [0, 0.1) is 0 Å². The first kappa shape index (κ1) is 14.4. The third-order valence-corrected chi connectivity index (χ3v) is 2.42. The van der Waals surface area contributed by atoms with Crippen molar-refractivity contribution >= 4 is 21.8 Å². The summed E-state index contributed by atoms with van der Waals surface area (Å²) in [5.74, 6) is -1.32. The van der Waals surface area contributed by atoms with E-state index < -0.39 is 21.0 Å². The van der Waals surface area contributed by atoms with Gasteiger partial charge in [-0.15, -0.1) is 0 Å². The molecule has 0 aliphatic carbocycles. The minimum atomic E-state index is -4.73. The van der Waals surface area contributed by atoms with Gasteiger partial charge >= 0.3 is 35.5 Å². The van der Waals surface area contributed by atoms with E-state index in [1.165, 1.54) is 0 Å². The Morgan fingerprint density at radius 3 is 2.33 bits per heavy atom. The zero-order valence-corrected chi connectivity index (χ0v) is 10.6. The van der Waals surface area contributed by atoms with Crippen molar-refractivity contribution in [2.45, 2.75) is 4.90 Å². The van der Waals surface area contributed by atoms with Gasteiger partial charge in [0.15, 0.2) is 0 Å². The molecule has 0 amide bonds. The van der Waals surface area contributed by atoms with Gasteiger partial charge in [0.1, 0.15) is 10.1 Å². The molecule has 1 rings (SSSR count). The second-order valence-electron chi connectivity index (χ2n) is 2.51. The summed E-state index contributed by atoms with van der Waals surface area (Å²) in [6.45, 7) is 0. The number of benzene rings is 1. The van der Waals surface area contributed by atoms with Crippen LogP contribution in [0.1, 0.15) is 10.4 Å². The van der Waals surface area contributed by atoms with Crippen LogP contribution in [0.2, 0.25) is 0 Å². The van der Waals surface area contributed by atoms with Gasteiger partial charge in [-0.3, -0.25) is 0 Å². The zero-order valence-electron chi connectivity index (χ0n) is 7.80. The monoisotopic (exact) mass is 239 g/mol. The van der Waals surface area contributed by atoms with Crippen LogP contribution in [0.3, 0.4) is 0 Å². The summed E-state index contributed by atoms with van der Waals surface area (Å²) in [5.41, 5.74) is 4.65. The van der Waals surface area contributed by atoms with Crippen molar-refractivity contribution in [3.8, 4) is 0 Å². The molecule has 0 saturated heterocycles. The van der Waals surface area contributed by atoms with Crippen molar-refractivity contribution in [3.05, 3.63) is 23.8 Å². The van der Waals surface area contributed by atoms with E-state index >= 15 is 0 Å². The molecule has 0 saturated carbocycles. The van der Waals surface area contributed by atoms with Crippen LogP contribution < -0.4 is 35.3 Å². The van der Waals surface area contributed by atoms with Crippen molar-refractivity contribution in [3.63, 3.8) is 0 Å². The molecule has 6 nitrogen and oxygen atoms in total. The van der Waals surface area contributed by atoms with E-state index in [1.54, 1.807) is 0 Å². The molecule has 0 fully saturated rings. The van der Waals surface area contributed by atoms with Gasteiger partial charge in [-0.1, -0.05) is 0 Å². The number of nitrogens with two attached hydrogens (primary N) is 1. The smallest absolute Gasteiger partial charge is 0.744 e. The summed E-state index contributed by atoms with van der Waals surface area (Å²) < 4.78 is 31.8. The Labute approximate surface area is 108 Å². The molecule has 0 aliphatic rings. The molecule has 0 bridgehead atoms. The number of carboxylic acid groups (broad SMARTS) is 1. The van der Waals surface area contributed by atoms with Gasteiger partial charge < -0.3 is 15.4 Å². The number of aromatic carboxylic acids is 1. The number of rotatable bonds is 2. The SMILES string of the molecule is Nc1ccc(C(=O)O)cc1S(=O)(=O)[O-].[Na+]. The van der Waals surface area contributed by atoms with Gasteiger partial charge in [0.05, 0.1) is 10.5 Å². The Morgan fingerprint density at radius 1 is 1.40 bits per heavy atom. The number of nitrogen functional groups attached to an aromatic ring is 1. The molecule has 3 N–H and O–H groups in total. The van der Waals surface area contributed by atoms with Crippen molar-refractivity contribution in [1.82, 2.24) is 0 Å². The van der Waals surface area contributed by atoms with Crippen LogP contribution in [-0.4, -0.2) is 24.0 Å². The van der Waals surface area contributed by atoms with E-state index in [4.69, 9.17) is 10.8 Å². The van der Waals surface area contributed by atoms with Crippen LogP contribution >= 0.6 is 0 Å². The molecular formula is C7H6NNaO5S. The minimum absolute atomic E-state index is 0. The molecule has 0 aromatic heterocycles. The van der Waals surface area contributed by atoms with Gasteiger partial charge in [0, 0.05) is 5.69 Å². The number of anilines is 1. The van der Waals surface area contributed by atoms with Gasteiger partial charge in [-0.05, 0) is 18.2 Å². The molecule has 8 heteroatoms. The molecule has 0 spiro atoms. The summed E-state index contributed by atoms with van der Waals surface area (Å²) in [6.07, 6.45) is 0. The molecule has 1 aromatic rings. The Kier molecular flexibility index (Phi) is 4.75. The summed E-state index contributed by atoms with van der Waals surface area (Å²) in [5, 5.41) is 8.53. The summed E-state index contributed by atoms with van der Waals surface area (Å²) in [6, 6.07) is 2.92. The van der Waals surface area contributed by atoms with Crippen LogP contribution in [0.15, 0.2) is 23.1 Å². The fourth-order valence-electron chi connectivity index (χ4n) is 0.884. The second kappa shape index (κ2) is 4.95. The number of carboxylic acids is 1. The first-order valence-corrected chi connectivity index (χ1v) is 4.82. The Hall–Kier alpha value is -0.600. The van der Waals surface area contributed by atoms with Crippen molar-refractivity contribution in [1.29, 1.82) is 0 Å². The summed E-state index contributed by atoms with van der Waals surface area (Å²) in [4.78, 5) is 9.74. The van der Waals surface area contributed by atoms with E-state index in [0.29, 0.717) is 0 Å². The van der Waals surface area contributed by atoms with E-state index in [2.05, 4.69) is 0 Å². The van der Waals surface area contributed by atoms with Crippen LogP contribution in [0.25, 0.3) is 0 Å². The maximum absolute atomic E-state index is 10.6. The first-order valence-electron chi connectivity index (χ1n) is 3.41. The van der Waals surface area contributed by atoms with Crippen LogP contribution in [0.5, 0.6) is 0 Å². The van der Waals surface area contributed by atoms with E-state index in [9.17, 15) is 17.8 Å². The molecule has 76 valence electrons. The van der Waals surface area contributed by atoms with Crippen LogP contribution in [-0.2, 0) is 10.1 Å². The van der Waals surface area contributed by atoms with Gasteiger partial charge in [0.25, 0.3) is 0 Å². The Balaban J connectivity index is 0.00000196. The Morgan fingerprint density at radius 2 is 1.93 bits per heavy atom. The normalized spacial score (nSPS) is 10.5. The molecule has 0 heterocycles. The quantitative estimate of drug-likeness (QED) is 0.320. The maximum atomic E-state index is 10.6. The number of hydrogen-bond donors (Lipinski definition) is 2. The standard InChI is InChI=1S/C7H7NO5S.Na/c8-5-2-1-4(7(9)10)3-6(5)14(11,12)13;/h1-3H,8H2,(H,9,10)(H,11,12,13);/q;+1/p-1. The Bertz CT molecular complexity index is 484. The van der Waals surface area contributed by atoms with Gasteiger partial charge in [0.2, 0.25) is 0 Å². The third-order valence-electron chi connectivity index (χ3n) is 1.53. The predicted molar refractivity (Wildman–Crippen MR) is 45.8 cm³/mol. The average molecular weight is 239 g/mol. The third kappa shape index (κ3) is 3.47. The second-order valence-corrected chi connectivity index (χ2v) is 3.86. The van der Waals surface area contributed by atoms with E-state index in [-0.39, 0.29) is 40.8 Å². The van der Waals surface area contributed by atoms with Crippen molar-refractivity contribution in [2.24, 2.45) is 0 Å². The largest absolute Gasteiger partial charge is 1.00 e. The molecule has 0 radical (unpaired) electrons. The number of carbonyl (C=O) groups is 1. The summed E-state index contributed by atoms with van der Waals surface area (Å²) in [7, 11) is -4.73. The predicted octanol–water partition coefficient (Wildman–Crippen LogP) is -3.12. The molecule has 15 heavy (non-hydrogen) atoms. The van der Waals surface area contributed by atoms with Crippen LogP contribution in [0.4, 0.5) is 5.69 Å². The minimum Gasteiger partial charge on any atom is -0.744 e. The number of hydrogen-bond acceptors (Lipinski definition) is 5. The summed E-state index contributed by atoms with van der Waals surface area (Å²) >= 11 is 0. The average Bonchev–Trinajstić information content (AvgIpc) is 2.02. The van der Waals surface area contributed by atoms with E-state index in [0.717, 1.165) is 18.2 Å². The van der Waals surface area contributed by atoms with E-state index in [1.807, 2.05) is 0 Å².